The van der Waals surface area contributed by atoms with Crippen LogP contribution in [-0.2, 0) is 4.74 Å². The van der Waals surface area contributed by atoms with Crippen molar-refractivity contribution in [3.05, 3.63) is 0 Å². The van der Waals surface area contributed by atoms with Gasteiger partial charge < -0.3 is 4.74 Å². The van der Waals surface area contributed by atoms with E-state index < -0.39 is 0 Å². The number of hydrogen-bond donors (Lipinski definition) is 2. The van der Waals surface area contributed by atoms with Gasteiger partial charge in [0, 0.05) is 19.8 Å². The third-order valence-electron chi connectivity index (χ3n) is 3.04. The van der Waals surface area contributed by atoms with Gasteiger partial charge >= 0.3 is 0 Å². The molecule has 1 unspecified atom stereocenters. The number of hydrazine groups is 1. The van der Waals surface area contributed by atoms with Crippen molar-refractivity contribution in [3.63, 3.8) is 0 Å². The summed E-state index contributed by atoms with van der Waals surface area (Å²) in [6.45, 7) is 3.10. The molecule has 0 saturated heterocycles. The third-order valence-corrected chi connectivity index (χ3v) is 3.04. The number of unbranched alkanes of at least 4 members (excludes halogenated alkanes) is 5. The number of nitrogens with two attached hydrogens (primary N) is 1. The molecule has 0 rings (SSSR count). The fourth-order valence-electron chi connectivity index (χ4n) is 1.96. The lowest BCUT2D eigenvalue weighted by Gasteiger charge is -2.15. The second-order valence-corrected chi connectivity index (χ2v) is 4.56. The lowest BCUT2D eigenvalue weighted by molar-refractivity contribution is 0.188. The maximum atomic E-state index is 5.53. The van der Waals surface area contributed by atoms with Crippen LogP contribution in [-0.4, -0.2) is 19.8 Å². The Hall–Kier alpha value is -0.120. The summed E-state index contributed by atoms with van der Waals surface area (Å²) in [7, 11) is 1.75. The van der Waals surface area contributed by atoms with Crippen LogP contribution in [0.2, 0.25) is 0 Å². The summed E-state index contributed by atoms with van der Waals surface area (Å²) in [6.07, 6.45) is 11.5. The van der Waals surface area contributed by atoms with E-state index in [4.69, 9.17) is 10.6 Å². The van der Waals surface area contributed by atoms with Gasteiger partial charge in [0.05, 0.1) is 0 Å². The highest BCUT2D eigenvalue weighted by molar-refractivity contribution is 4.63. The van der Waals surface area contributed by atoms with Crippen molar-refractivity contribution >= 4 is 0 Å². The minimum Gasteiger partial charge on any atom is -0.385 e. The summed E-state index contributed by atoms with van der Waals surface area (Å²) in [4.78, 5) is 0. The van der Waals surface area contributed by atoms with Crippen LogP contribution in [0.1, 0.15) is 64.7 Å². The summed E-state index contributed by atoms with van der Waals surface area (Å²) in [5.74, 6) is 5.53. The molecule has 0 radical (unpaired) electrons. The molecule has 0 saturated carbocycles. The van der Waals surface area contributed by atoms with E-state index in [0.29, 0.717) is 6.04 Å². The van der Waals surface area contributed by atoms with Gasteiger partial charge in [-0.3, -0.25) is 11.3 Å². The molecule has 0 aromatic rings. The molecule has 0 aliphatic carbocycles. The van der Waals surface area contributed by atoms with Crippen LogP contribution in [0.3, 0.4) is 0 Å². The van der Waals surface area contributed by atoms with E-state index in [0.717, 1.165) is 19.4 Å². The standard InChI is InChI=1S/C13H30N2O/c1-3-4-5-6-7-8-10-13(15-14)11-9-12-16-2/h13,15H,3-12,14H2,1-2H3. The van der Waals surface area contributed by atoms with Crippen LogP contribution in [0.25, 0.3) is 0 Å². The third kappa shape index (κ3) is 10.4. The van der Waals surface area contributed by atoms with Crippen molar-refractivity contribution in [1.29, 1.82) is 0 Å². The molecule has 0 aliphatic rings. The highest BCUT2D eigenvalue weighted by Crippen LogP contribution is 2.10. The number of ether oxygens (including phenoxy) is 1. The van der Waals surface area contributed by atoms with Crippen molar-refractivity contribution in [2.24, 2.45) is 5.84 Å². The fourth-order valence-corrected chi connectivity index (χ4v) is 1.96. The van der Waals surface area contributed by atoms with Crippen molar-refractivity contribution in [1.82, 2.24) is 5.43 Å². The SMILES string of the molecule is CCCCCCCCC(CCCOC)NN. The molecule has 98 valence electrons. The second kappa shape index (κ2) is 12.9. The molecule has 3 heteroatoms. The predicted octanol–water partition coefficient (Wildman–Crippen LogP) is 3.00. The van der Waals surface area contributed by atoms with Crippen molar-refractivity contribution < 1.29 is 4.74 Å². The highest BCUT2D eigenvalue weighted by Gasteiger charge is 2.05. The Morgan fingerprint density at radius 3 is 2.25 bits per heavy atom. The first-order chi connectivity index (χ1) is 7.85. The molecule has 0 bridgehead atoms. The molecule has 0 aromatic heterocycles. The van der Waals surface area contributed by atoms with Crippen LogP contribution in [0.15, 0.2) is 0 Å². The molecule has 0 aromatic carbocycles. The lowest BCUT2D eigenvalue weighted by Crippen LogP contribution is -2.35. The first-order valence-electron chi connectivity index (χ1n) is 6.80. The first-order valence-corrected chi connectivity index (χ1v) is 6.80. The van der Waals surface area contributed by atoms with Crippen LogP contribution < -0.4 is 11.3 Å². The molecule has 0 amide bonds. The summed E-state index contributed by atoms with van der Waals surface area (Å²) < 4.78 is 5.04. The number of nitrogens with one attached hydrogen (secondary N) is 1. The van der Waals surface area contributed by atoms with Crippen LogP contribution in [0, 0.1) is 0 Å². The van der Waals surface area contributed by atoms with Gasteiger partial charge in [-0.25, -0.2) is 0 Å². The van der Waals surface area contributed by atoms with Crippen LogP contribution in [0.4, 0.5) is 0 Å². The molecule has 0 heterocycles. The van der Waals surface area contributed by atoms with Gasteiger partial charge in [0.1, 0.15) is 0 Å². The molecular weight excluding hydrogens is 200 g/mol. The van der Waals surface area contributed by atoms with Gasteiger partial charge in [-0.1, -0.05) is 45.4 Å². The zero-order valence-corrected chi connectivity index (χ0v) is 11.1. The second-order valence-electron chi connectivity index (χ2n) is 4.56. The quantitative estimate of drug-likeness (QED) is 0.308. The number of rotatable bonds is 12. The Morgan fingerprint density at radius 2 is 1.62 bits per heavy atom. The molecule has 3 N–H and O–H groups in total. The summed E-state index contributed by atoms with van der Waals surface area (Å²) in [5.41, 5.74) is 2.91. The van der Waals surface area contributed by atoms with E-state index in [2.05, 4.69) is 12.3 Å². The van der Waals surface area contributed by atoms with Gasteiger partial charge in [0.15, 0.2) is 0 Å². The van der Waals surface area contributed by atoms with Crippen molar-refractivity contribution in [2.45, 2.75) is 70.8 Å². The Kier molecular flexibility index (Phi) is 12.9. The summed E-state index contributed by atoms with van der Waals surface area (Å²) in [6, 6.07) is 0.473. The maximum Gasteiger partial charge on any atom is 0.0462 e. The average Bonchev–Trinajstić information content (AvgIpc) is 2.31. The van der Waals surface area contributed by atoms with Crippen LogP contribution >= 0.6 is 0 Å². The van der Waals surface area contributed by atoms with E-state index >= 15 is 0 Å². The van der Waals surface area contributed by atoms with E-state index in [-0.39, 0.29) is 0 Å². The Labute approximate surface area is 101 Å². The minimum atomic E-state index is 0.473. The summed E-state index contributed by atoms with van der Waals surface area (Å²) >= 11 is 0. The monoisotopic (exact) mass is 230 g/mol. The minimum absolute atomic E-state index is 0.473. The Balaban J connectivity index is 3.26. The van der Waals surface area contributed by atoms with Crippen molar-refractivity contribution in [2.75, 3.05) is 13.7 Å². The van der Waals surface area contributed by atoms with Crippen molar-refractivity contribution in [3.8, 4) is 0 Å². The van der Waals surface area contributed by atoms with E-state index in [1.165, 1.54) is 44.9 Å². The molecular formula is C13H30N2O. The van der Waals surface area contributed by atoms with Gasteiger partial charge in [0.25, 0.3) is 0 Å². The molecule has 3 nitrogen and oxygen atoms in total. The maximum absolute atomic E-state index is 5.53. The lowest BCUT2D eigenvalue weighted by atomic mass is 10.0. The van der Waals surface area contributed by atoms with Gasteiger partial charge in [-0.05, 0) is 19.3 Å². The van der Waals surface area contributed by atoms with E-state index in [9.17, 15) is 0 Å². The average molecular weight is 230 g/mol. The largest absolute Gasteiger partial charge is 0.385 e. The Bertz CT molecular complexity index is 131. The van der Waals surface area contributed by atoms with E-state index in [1.807, 2.05) is 0 Å². The van der Waals surface area contributed by atoms with Crippen LogP contribution in [0.5, 0.6) is 0 Å². The van der Waals surface area contributed by atoms with Gasteiger partial charge in [-0.2, -0.15) is 0 Å². The smallest absolute Gasteiger partial charge is 0.0462 e. The zero-order chi connectivity index (χ0) is 12.1. The zero-order valence-electron chi connectivity index (χ0n) is 11.1. The highest BCUT2D eigenvalue weighted by atomic mass is 16.5. The number of hydrogen-bond acceptors (Lipinski definition) is 3. The summed E-state index contributed by atoms with van der Waals surface area (Å²) in [5, 5.41) is 0. The predicted molar refractivity (Wildman–Crippen MR) is 70.2 cm³/mol. The Morgan fingerprint density at radius 1 is 1.00 bits per heavy atom. The number of methoxy groups -OCH3 is 1. The normalized spacial score (nSPS) is 12.9. The fraction of sp³-hybridized carbons (Fsp3) is 1.00. The topological polar surface area (TPSA) is 47.3 Å². The first kappa shape index (κ1) is 15.9. The molecule has 16 heavy (non-hydrogen) atoms. The van der Waals surface area contributed by atoms with Gasteiger partial charge in [0.2, 0.25) is 0 Å². The van der Waals surface area contributed by atoms with E-state index in [1.54, 1.807) is 7.11 Å². The molecule has 0 aliphatic heterocycles. The molecule has 0 spiro atoms. The molecule has 0 fully saturated rings. The van der Waals surface area contributed by atoms with Gasteiger partial charge in [-0.15, -0.1) is 0 Å². The molecule has 1 atom stereocenters.